The van der Waals surface area contributed by atoms with E-state index in [1.807, 2.05) is 0 Å². The van der Waals surface area contributed by atoms with E-state index in [1.54, 1.807) is 0 Å². The van der Waals surface area contributed by atoms with Crippen molar-refractivity contribution in [2.24, 2.45) is 11.8 Å². The minimum absolute atomic E-state index is 0.0200. The lowest BCUT2D eigenvalue weighted by molar-refractivity contribution is -0.156. The van der Waals surface area contributed by atoms with Gasteiger partial charge in [0, 0.05) is 0 Å². The molecule has 0 heterocycles. The summed E-state index contributed by atoms with van der Waals surface area (Å²) in [5.41, 5.74) is 4.89. The smallest absolute Gasteiger partial charge is 0.309 e. The van der Waals surface area contributed by atoms with Crippen LogP contribution >= 0.6 is 0 Å². The molecular weight excluding hydrogens is 440 g/mol. The summed E-state index contributed by atoms with van der Waals surface area (Å²) in [6.07, 6.45) is 18.6. The summed E-state index contributed by atoms with van der Waals surface area (Å²) in [6, 6.07) is 17.4. The van der Waals surface area contributed by atoms with E-state index in [0.717, 1.165) is 37.2 Å². The maximum Gasteiger partial charge on any atom is 0.309 e. The Morgan fingerprint density at radius 3 is 1.86 bits per heavy atom. The van der Waals surface area contributed by atoms with Gasteiger partial charge in [0.05, 0.1) is 5.92 Å². The third-order valence-electron chi connectivity index (χ3n) is 8.25. The van der Waals surface area contributed by atoms with Gasteiger partial charge in [-0.3, -0.25) is 4.79 Å². The Kier molecular flexibility index (Phi) is 12.6. The SMILES string of the molecule is CCCCCCCCCCC1CCC(C(=O)OC(CC)c2ccc(-c3ccc(CC)cc3)cc2)CC1. The minimum Gasteiger partial charge on any atom is -0.457 e. The number of ether oxygens (including phenoxy) is 1. The first-order valence-corrected chi connectivity index (χ1v) is 15.0. The van der Waals surface area contributed by atoms with Crippen LogP contribution in [0.1, 0.15) is 128 Å². The van der Waals surface area contributed by atoms with E-state index in [1.165, 1.54) is 87.3 Å². The Labute approximate surface area is 221 Å². The van der Waals surface area contributed by atoms with Gasteiger partial charge >= 0.3 is 5.97 Å². The molecule has 0 radical (unpaired) electrons. The number of carbonyl (C=O) groups is 1. The summed E-state index contributed by atoms with van der Waals surface area (Å²) < 4.78 is 6.05. The second kappa shape index (κ2) is 15.9. The molecule has 0 bridgehead atoms. The number of carbonyl (C=O) groups excluding carboxylic acids is 1. The van der Waals surface area contributed by atoms with Crippen LogP contribution in [0.5, 0.6) is 0 Å². The molecule has 1 unspecified atom stereocenters. The Balaban J connectivity index is 1.38. The number of hydrogen-bond acceptors (Lipinski definition) is 2. The van der Waals surface area contributed by atoms with E-state index in [9.17, 15) is 4.79 Å². The minimum atomic E-state index is -0.149. The van der Waals surface area contributed by atoms with Gasteiger partial charge in [0.2, 0.25) is 0 Å². The van der Waals surface area contributed by atoms with Crippen LogP contribution in [-0.2, 0) is 16.0 Å². The molecule has 1 fully saturated rings. The topological polar surface area (TPSA) is 26.3 Å². The standard InChI is InChI=1S/C34H50O2/c1-4-7-8-9-10-11-12-13-14-28-17-21-32(22-18-28)34(35)36-33(6-3)31-25-23-30(24-26-31)29-19-15-27(5-2)16-20-29/h15-16,19-20,23-26,28,32-33H,4-14,17-18,21-22H2,1-3H3. The normalized spacial score (nSPS) is 18.6. The highest BCUT2D eigenvalue weighted by Gasteiger charge is 2.29. The second-order valence-electron chi connectivity index (χ2n) is 11.0. The van der Waals surface area contributed by atoms with E-state index in [2.05, 4.69) is 69.3 Å². The highest BCUT2D eigenvalue weighted by Crippen LogP contribution is 2.34. The predicted octanol–water partition coefficient (Wildman–Crippen LogP) is 10.2. The van der Waals surface area contributed by atoms with Crippen molar-refractivity contribution in [1.82, 2.24) is 0 Å². The first kappa shape index (κ1) is 28.5. The average molecular weight is 491 g/mol. The van der Waals surface area contributed by atoms with E-state index < -0.39 is 0 Å². The van der Waals surface area contributed by atoms with Crippen molar-refractivity contribution in [2.45, 2.75) is 123 Å². The maximum absolute atomic E-state index is 13.0. The molecule has 198 valence electrons. The van der Waals surface area contributed by atoms with Crippen molar-refractivity contribution < 1.29 is 9.53 Å². The monoisotopic (exact) mass is 490 g/mol. The van der Waals surface area contributed by atoms with E-state index in [-0.39, 0.29) is 18.0 Å². The molecule has 0 saturated heterocycles. The third-order valence-corrected chi connectivity index (χ3v) is 8.25. The quantitative estimate of drug-likeness (QED) is 0.183. The van der Waals surface area contributed by atoms with Crippen molar-refractivity contribution in [2.75, 3.05) is 0 Å². The van der Waals surface area contributed by atoms with Gasteiger partial charge in [0.1, 0.15) is 6.10 Å². The van der Waals surface area contributed by atoms with E-state index in [4.69, 9.17) is 4.74 Å². The van der Waals surface area contributed by atoms with E-state index >= 15 is 0 Å². The molecule has 0 aromatic heterocycles. The molecule has 0 aliphatic heterocycles. The van der Waals surface area contributed by atoms with Gasteiger partial charge < -0.3 is 4.74 Å². The summed E-state index contributed by atoms with van der Waals surface area (Å²) >= 11 is 0. The molecule has 2 aromatic carbocycles. The summed E-state index contributed by atoms with van der Waals surface area (Å²) in [5, 5.41) is 0. The van der Waals surface area contributed by atoms with Crippen LogP contribution in [-0.4, -0.2) is 5.97 Å². The lowest BCUT2D eigenvalue weighted by Gasteiger charge is -2.28. The summed E-state index contributed by atoms with van der Waals surface area (Å²) in [7, 11) is 0. The highest BCUT2D eigenvalue weighted by molar-refractivity contribution is 5.73. The van der Waals surface area contributed by atoms with Crippen LogP contribution < -0.4 is 0 Å². The lowest BCUT2D eigenvalue weighted by Crippen LogP contribution is -2.25. The zero-order valence-corrected chi connectivity index (χ0v) is 23.3. The second-order valence-corrected chi connectivity index (χ2v) is 11.0. The molecule has 2 heteroatoms. The van der Waals surface area contributed by atoms with Crippen molar-refractivity contribution in [3.8, 4) is 11.1 Å². The molecule has 0 amide bonds. The predicted molar refractivity (Wildman–Crippen MR) is 153 cm³/mol. The van der Waals surface area contributed by atoms with Crippen LogP contribution in [0.15, 0.2) is 48.5 Å². The fourth-order valence-corrected chi connectivity index (χ4v) is 5.70. The average Bonchev–Trinajstić information content (AvgIpc) is 2.93. The fraction of sp³-hybridized carbons (Fsp3) is 0.618. The molecule has 1 aliphatic carbocycles. The first-order valence-electron chi connectivity index (χ1n) is 15.0. The summed E-state index contributed by atoms with van der Waals surface area (Å²) in [5.74, 6) is 0.923. The number of rotatable bonds is 15. The van der Waals surface area contributed by atoms with Crippen LogP contribution in [0, 0.1) is 11.8 Å². The zero-order chi connectivity index (χ0) is 25.6. The Morgan fingerprint density at radius 2 is 1.31 bits per heavy atom. The third kappa shape index (κ3) is 9.09. The molecule has 2 nitrogen and oxygen atoms in total. The molecule has 0 N–H and O–H groups in total. The van der Waals surface area contributed by atoms with Crippen molar-refractivity contribution in [1.29, 1.82) is 0 Å². The van der Waals surface area contributed by atoms with Gasteiger partial charge in [-0.25, -0.2) is 0 Å². The van der Waals surface area contributed by atoms with Crippen molar-refractivity contribution in [3.05, 3.63) is 59.7 Å². The number of aryl methyl sites for hydroxylation is 1. The van der Waals surface area contributed by atoms with Crippen molar-refractivity contribution in [3.63, 3.8) is 0 Å². The number of benzene rings is 2. The van der Waals surface area contributed by atoms with Crippen LogP contribution in [0.2, 0.25) is 0 Å². The maximum atomic E-state index is 13.0. The molecule has 1 atom stereocenters. The molecule has 2 aromatic rings. The molecule has 1 aliphatic rings. The lowest BCUT2D eigenvalue weighted by atomic mass is 9.79. The summed E-state index contributed by atoms with van der Waals surface area (Å²) in [6.45, 7) is 6.57. The number of esters is 1. The van der Waals surface area contributed by atoms with Crippen molar-refractivity contribution >= 4 is 5.97 Å². The summed E-state index contributed by atoms with van der Waals surface area (Å²) in [4.78, 5) is 13.0. The van der Waals surface area contributed by atoms with Crippen LogP contribution in [0.25, 0.3) is 11.1 Å². The number of hydrogen-bond donors (Lipinski definition) is 0. The molecule has 36 heavy (non-hydrogen) atoms. The zero-order valence-electron chi connectivity index (χ0n) is 23.3. The molecular formula is C34H50O2. The molecule has 1 saturated carbocycles. The largest absolute Gasteiger partial charge is 0.457 e. The van der Waals surface area contributed by atoms with Gasteiger partial charge in [-0.15, -0.1) is 0 Å². The molecule has 0 spiro atoms. The first-order chi connectivity index (χ1) is 17.6. The van der Waals surface area contributed by atoms with Gasteiger partial charge in [0.15, 0.2) is 0 Å². The Morgan fingerprint density at radius 1 is 0.750 bits per heavy atom. The van der Waals surface area contributed by atoms with E-state index in [0.29, 0.717) is 0 Å². The van der Waals surface area contributed by atoms with Gasteiger partial charge in [0.25, 0.3) is 0 Å². The Hall–Kier alpha value is -2.09. The van der Waals surface area contributed by atoms with Gasteiger partial charge in [-0.1, -0.05) is 127 Å². The van der Waals surface area contributed by atoms with Crippen LogP contribution in [0.4, 0.5) is 0 Å². The highest BCUT2D eigenvalue weighted by atomic mass is 16.5. The molecule has 3 rings (SSSR count). The fourth-order valence-electron chi connectivity index (χ4n) is 5.70. The van der Waals surface area contributed by atoms with Gasteiger partial charge in [-0.2, -0.15) is 0 Å². The number of unbranched alkanes of at least 4 members (excludes halogenated alkanes) is 7. The Bertz CT molecular complexity index is 859. The van der Waals surface area contributed by atoms with Crippen LogP contribution in [0.3, 0.4) is 0 Å². The van der Waals surface area contributed by atoms with Gasteiger partial charge in [-0.05, 0) is 66.7 Å².